The summed E-state index contributed by atoms with van der Waals surface area (Å²) in [5, 5.41) is 0. The molecule has 19 heavy (non-hydrogen) atoms. The lowest BCUT2D eigenvalue weighted by Crippen LogP contribution is -2.43. The van der Waals surface area contributed by atoms with Gasteiger partial charge in [-0.25, -0.2) is 8.78 Å². The van der Waals surface area contributed by atoms with Gasteiger partial charge in [-0.2, -0.15) is 0 Å². The van der Waals surface area contributed by atoms with Crippen LogP contribution in [0.25, 0.3) is 0 Å². The van der Waals surface area contributed by atoms with Gasteiger partial charge in [0.2, 0.25) is 5.91 Å². The molecule has 0 radical (unpaired) electrons. The fourth-order valence-corrected chi connectivity index (χ4v) is 1.87. The van der Waals surface area contributed by atoms with Crippen molar-refractivity contribution in [3.05, 3.63) is 35.4 Å². The fourth-order valence-electron chi connectivity index (χ4n) is 1.87. The molecular formula is C14H20F2N2O. The highest BCUT2D eigenvalue weighted by Gasteiger charge is 2.19. The van der Waals surface area contributed by atoms with Crippen molar-refractivity contribution in [1.82, 2.24) is 4.90 Å². The molecule has 2 N–H and O–H groups in total. The third-order valence-corrected chi connectivity index (χ3v) is 2.97. The minimum atomic E-state index is -0.904. The Balaban J connectivity index is 2.75. The monoisotopic (exact) mass is 270 g/mol. The van der Waals surface area contributed by atoms with Crippen LogP contribution >= 0.6 is 0 Å². The van der Waals surface area contributed by atoms with E-state index in [4.69, 9.17) is 5.73 Å². The van der Waals surface area contributed by atoms with Crippen LogP contribution in [0, 0.1) is 11.6 Å². The van der Waals surface area contributed by atoms with E-state index < -0.39 is 17.7 Å². The first-order valence-corrected chi connectivity index (χ1v) is 6.47. The van der Waals surface area contributed by atoms with Gasteiger partial charge in [-0.15, -0.1) is 0 Å². The van der Waals surface area contributed by atoms with Gasteiger partial charge >= 0.3 is 0 Å². The van der Waals surface area contributed by atoms with Gasteiger partial charge in [-0.3, -0.25) is 4.79 Å². The molecule has 106 valence electrons. The maximum Gasteiger partial charge on any atom is 0.239 e. The van der Waals surface area contributed by atoms with Gasteiger partial charge in [0, 0.05) is 13.1 Å². The number of benzene rings is 1. The molecule has 0 unspecified atom stereocenters. The molecule has 1 aromatic carbocycles. The molecule has 0 saturated carbocycles. The first-order valence-electron chi connectivity index (χ1n) is 6.47. The van der Waals surface area contributed by atoms with Gasteiger partial charge in [0.1, 0.15) is 0 Å². The predicted octanol–water partition coefficient (Wildman–Crippen LogP) is 2.44. The fraction of sp³-hybridized carbons (Fsp3) is 0.500. The average molecular weight is 270 g/mol. The van der Waals surface area contributed by atoms with Gasteiger partial charge in [0.05, 0.1) is 6.04 Å². The van der Waals surface area contributed by atoms with Crippen molar-refractivity contribution in [2.75, 3.05) is 6.54 Å². The predicted molar refractivity (Wildman–Crippen MR) is 70.3 cm³/mol. The van der Waals surface area contributed by atoms with E-state index >= 15 is 0 Å². The Labute approximate surface area is 112 Å². The van der Waals surface area contributed by atoms with E-state index in [1.807, 2.05) is 13.8 Å². The van der Waals surface area contributed by atoms with Crippen LogP contribution in [0.3, 0.4) is 0 Å². The van der Waals surface area contributed by atoms with Crippen LogP contribution in [0.15, 0.2) is 18.2 Å². The highest BCUT2D eigenvalue weighted by atomic mass is 19.2. The van der Waals surface area contributed by atoms with E-state index in [1.165, 1.54) is 6.07 Å². The van der Waals surface area contributed by atoms with Crippen molar-refractivity contribution in [2.45, 2.75) is 39.3 Å². The number of hydrogen-bond acceptors (Lipinski definition) is 2. The molecule has 0 bridgehead atoms. The molecule has 0 aliphatic rings. The minimum Gasteiger partial charge on any atom is -0.337 e. The van der Waals surface area contributed by atoms with Crippen LogP contribution in [0.4, 0.5) is 8.78 Å². The van der Waals surface area contributed by atoms with E-state index in [0.717, 1.165) is 18.6 Å². The Kier molecular flexibility index (Phi) is 5.89. The molecule has 0 saturated heterocycles. The molecule has 0 spiro atoms. The second-order valence-corrected chi connectivity index (χ2v) is 4.50. The highest BCUT2D eigenvalue weighted by Crippen LogP contribution is 2.12. The van der Waals surface area contributed by atoms with E-state index in [0.29, 0.717) is 18.5 Å². The number of nitrogens with zero attached hydrogens (tertiary/aromatic N) is 1. The zero-order valence-electron chi connectivity index (χ0n) is 11.3. The van der Waals surface area contributed by atoms with E-state index in [2.05, 4.69) is 0 Å². The highest BCUT2D eigenvalue weighted by molar-refractivity contribution is 5.81. The number of carbonyl (C=O) groups excluding carboxylic acids is 1. The van der Waals surface area contributed by atoms with Crippen LogP contribution < -0.4 is 5.73 Å². The third kappa shape index (κ3) is 4.28. The third-order valence-electron chi connectivity index (χ3n) is 2.97. The Morgan fingerprint density at radius 3 is 2.53 bits per heavy atom. The first-order chi connectivity index (χ1) is 8.99. The van der Waals surface area contributed by atoms with Crippen molar-refractivity contribution >= 4 is 5.91 Å². The molecule has 5 heteroatoms. The molecule has 1 amide bonds. The first kappa shape index (κ1) is 15.6. The second kappa shape index (κ2) is 7.19. The normalized spacial score (nSPS) is 12.3. The SMILES string of the molecule is CCC[C@@H](N)C(=O)N(CC)Cc1ccc(F)c(F)c1. The summed E-state index contributed by atoms with van der Waals surface area (Å²) in [6.07, 6.45) is 1.45. The number of carbonyl (C=O) groups is 1. The lowest BCUT2D eigenvalue weighted by atomic mass is 10.1. The molecule has 0 aliphatic carbocycles. The smallest absolute Gasteiger partial charge is 0.239 e. The standard InChI is InChI=1S/C14H20F2N2O/c1-3-5-13(17)14(19)18(4-2)9-10-6-7-11(15)12(16)8-10/h6-8,13H,3-5,9,17H2,1-2H3/t13-/m1/s1. The van der Waals surface area contributed by atoms with Crippen molar-refractivity contribution < 1.29 is 13.6 Å². The molecule has 0 heterocycles. The number of rotatable bonds is 6. The quantitative estimate of drug-likeness (QED) is 0.863. The summed E-state index contributed by atoms with van der Waals surface area (Å²) < 4.78 is 25.9. The Morgan fingerprint density at radius 1 is 1.32 bits per heavy atom. The largest absolute Gasteiger partial charge is 0.337 e. The van der Waals surface area contributed by atoms with Crippen molar-refractivity contribution in [1.29, 1.82) is 0 Å². The molecule has 1 rings (SSSR count). The van der Waals surface area contributed by atoms with E-state index in [-0.39, 0.29) is 12.5 Å². The lowest BCUT2D eigenvalue weighted by Gasteiger charge is -2.24. The number of amides is 1. The van der Waals surface area contributed by atoms with Crippen LogP contribution in [0.2, 0.25) is 0 Å². The summed E-state index contributed by atoms with van der Waals surface area (Å²) in [5.41, 5.74) is 6.34. The van der Waals surface area contributed by atoms with Gasteiger partial charge in [-0.1, -0.05) is 19.4 Å². The number of hydrogen-bond donors (Lipinski definition) is 1. The summed E-state index contributed by atoms with van der Waals surface area (Å²) >= 11 is 0. The molecule has 0 aliphatic heterocycles. The van der Waals surface area contributed by atoms with Crippen LogP contribution in [0.5, 0.6) is 0 Å². The minimum absolute atomic E-state index is 0.158. The van der Waals surface area contributed by atoms with Gasteiger partial charge < -0.3 is 10.6 Å². The summed E-state index contributed by atoms with van der Waals surface area (Å²) in [6.45, 7) is 4.51. The molecule has 3 nitrogen and oxygen atoms in total. The van der Waals surface area contributed by atoms with Gasteiger partial charge in [0.25, 0.3) is 0 Å². The summed E-state index contributed by atoms with van der Waals surface area (Å²) in [6, 6.07) is 3.11. The summed E-state index contributed by atoms with van der Waals surface area (Å²) in [7, 11) is 0. The van der Waals surface area contributed by atoms with E-state index in [9.17, 15) is 13.6 Å². The zero-order valence-corrected chi connectivity index (χ0v) is 11.3. The van der Waals surface area contributed by atoms with Gasteiger partial charge in [-0.05, 0) is 31.0 Å². The Hall–Kier alpha value is -1.49. The number of likely N-dealkylation sites (N-methyl/N-ethyl adjacent to an activating group) is 1. The maximum atomic E-state index is 13.1. The summed E-state index contributed by atoms with van der Waals surface area (Å²) in [4.78, 5) is 13.6. The molecule has 0 fully saturated rings. The molecule has 1 aromatic rings. The van der Waals surface area contributed by atoms with Gasteiger partial charge in [0.15, 0.2) is 11.6 Å². The number of nitrogens with two attached hydrogens (primary N) is 1. The second-order valence-electron chi connectivity index (χ2n) is 4.50. The lowest BCUT2D eigenvalue weighted by molar-refractivity contribution is -0.133. The summed E-state index contributed by atoms with van der Waals surface area (Å²) in [5.74, 6) is -1.95. The topological polar surface area (TPSA) is 46.3 Å². The average Bonchev–Trinajstić information content (AvgIpc) is 2.39. The van der Waals surface area contributed by atoms with Crippen LogP contribution in [0.1, 0.15) is 32.3 Å². The number of halogens is 2. The molecule has 0 aromatic heterocycles. The van der Waals surface area contributed by atoms with Crippen LogP contribution in [-0.4, -0.2) is 23.4 Å². The van der Waals surface area contributed by atoms with Crippen LogP contribution in [-0.2, 0) is 11.3 Å². The zero-order chi connectivity index (χ0) is 14.4. The van der Waals surface area contributed by atoms with E-state index in [1.54, 1.807) is 4.90 Å². The molecule has 1 atom stereocenters. The molecular weight excluding hydrogens is 250 g/mol. The Morgan fingerprint density at radius 2 is 2.00 bits per heavy atom. The van der Waals surface area contributed by atoms with Crippen molar-refractivity contribution in [3.63, 3.8) is 0 Å². The maximum absolute atomic E-state index is 13.1. The van der Waals surface area contributed by atoms with Crippen molar-refractivity contribution in [2.24, 2.45) is 5.73 Å². The Bertz CT molecular complexity index is 437. The van der Waals surface area contributed by atoms with Crippen molar-refractivity contribution in [3.8, 4) is 0 Å².